The first kappa shape index (κ1) is 19.3. The fourth-order valence-electron chi connectivity index (χ4n) is 2.98. The van der Waals surface area contributed by atoms with E-state index in [-0.39, 0.29) is 27.4 Å². The zero-order valence-electron chi connectivity index (χ0n) is 15.0. The maximum Gasteiger partial charge on any atom is 0.340 e. The molecule has 0 saturated heterocycles. The Bertz CT molecular complexity index is 1040. The average Bonchev–Trinajstić information content (AvgIpc) is 2.93. The number of nitrogens with zero attached hydrogens (tertiary/aromatic N) is 2. The summed E-state index contributed by atoms with van der Waals surface area (Å²) in [6, 6.07) is 12.7. The third-order valence-corrected chi connectivity index (χ3v) is 4.64. The number of halogens is 1. The Labute approximate surface area is 165 Å². The van der Waals surface area contributed by atoms with Gasteiger partial charge in [0, 0.05) is 34.1 Å². The van der Waals surface area contributed by atoms with Gasteiger partial charge in [-0.15, -0.1) is 0 Å². The Hall–Kier alpha value is -3.45. The Kier molecular flexibility index (Phi) is 5.28. The molecule has 1 aliphatic rings. The zero-order valence-corrected chi connectivity index (χ0v) is 15.8. The average molecular weight is 399 g/mol. The van der Waals surface area contributed by atoms with E-state index in [1.807, 2.05) is 6.07 Å². The number of benzene rings is 2. The second-order valence-corrected chi connectivity index (χ2v) is 6.36. The standard InChI is InChI=1S/C20H15ClN2O5/c1-12-18(20(25)28-2)16(19(24)22(12)14-6-4-3-5-7-14)11-13-10-15(23(26)27)8-9-17(13)21/h3-11H,1-2H3/b16-11-. The van der Waals surface area contributed by atoms with Crippen LogP contribution in [0.2, 0.25) is 5.02 Å². The lowest BCUT2D eigenvalue weighted by Crippen LogP contribution is -2.24. The smallest absolute Gasteiger partial charge is 0.340 e. The van der Waals surface area contributed by atoms with Crippen LogP contribution in [-0.4, -0.2) is 23.9 Å². The van der Waals surface area contributed by atoms with Crippen LogP contribution in [-0.2, 0) is 14.3 Å². The number of rotatable bonds is 4. The number of allylic oxidation sites excluding steroid dienone is 1. The van der Waals surface area contributed by atoms with Crippen LogP contribution in [0.5, 0.6) is 0 Å². The lowest BCUT2D eigenvalue weighted by atomic mass is 10.0. The van der Waals surface area contributed by atoms with Crippen LogP contribution < -0.4 is 4.90 Å². The van der Waals surface area contributed by atoms with Gasteiger partial charge in [-0.1, -0.05) is 29.8 Å². The van der Waals surface area contributed by atoms with Gasteiger partial charge in [0.15, 0.2) is 0 Å². The number of amides is 1. The summed E-state index contributed by atoms with van der Waals surface area (Å²) in [5.41, 5.74) is 1.19. The van der Waals surface area contributed by atoms with E-state index in [1.54, 1.807) is 31.2 Å². The minimum atomic E-state index is -0.683. The number of anilines is 1. The number of carbonyl (C=O) groups is 2. The van der Waals surface area contributed by atoms with Crippen molar-refractivity contribution in [3.63, 3.8) is 0 Å². The van der Waals surface area contributed by atoms with Crippen molar-refractivity contribution in [2.24, 2.45) is 0 Å². The molecule has 1 heterocycles. The van der Waals surface area contributed by atoms with E-state index in [4.69, 9.17) is 16.3 Å². The van der Waals surface area contributed by atoms with Crippen molar-refractivity contribution in [3.8, 4) is 0 Å². The third-order valence-electron chi connectivity index (χ3n) is 4.29. The predicted octanol–water partition coefficient (Wildman–Crippen LogP) is 4.13. The topological polar surface area (TPSA) is 89.8 Å². The fourth-order valence-corrected chi connectivity index (χ4v) is 3.15. The van der Waals surface area contributed by atoms with E-state index in [1.165, 1.54) is 36.3 Å². The van der Waals surface area contributed by atoms with Crippen molar-refractivity contribution in [1.29, 1.82) is 0 Å². The zero-order chi connectivity index (χ0) is 20.4. The van der Waals surface area contributed by atoms with Crippen molar-refractivity contribution in [2.45, 2.75) is 6.92 Å². The van der Waals surface area contributed by atoms with Crippen LogP contribution in [0, 0.1) is 10.1 Å². The molecule has 0 aliphatic carbocycles. The minimum absolute atomic E-state index is 0.0515. The van der Waals surface area contributed by atoms with Crippen molar-refractivity contribution >= 4 is 40.9 Å². The number of hydrogen-bond donors (Lipinski definition) is 0. The number of nitro benzene ring substituents is 1. The Balaban J connectivity index is 2.18. The van der Waals surface area contributed by atoms with E-state index in [0.717, 1.165) is 0 Å². The molecule has 2 aromatic rings. The first-order chi connectivity index (χ1) is 13.3. The molecular weight excluding hydrogens is 384 g/mol. The van der Waals surface area contributed by atoms with Crippen molar-refractivity contribution in [1.82, 2.24) is 0 Å². The molecule has 142 valence electrons. The lowest BCUT2D eigenvalue weighted by Gasteiger charge is -2.17. The molecule has 8 heteroatoms. The molecule has 0 atom stereocenters. The molecule has 28 heavy (non-hydrogen) atoms. The number of methoxy groups -OCH3 is 1. The van der Waals surface area contributed by atoms with E-state index >= 15 is 0 Å². The van der Waals surface area contributed by atoms with Gasteiger partial charge >= 0.3 is 5.97 Å². The summed E-state index contributed by atoms with van der Waals surface area (Å²) in [6.07, 6.45) is 1.37. The van der Waals surface area contributed by atoms with Gasteiger partial charge in [-0.2, -0.15) is 0 Å². The summed E-state index contributed by atoms with van der Waals surface area (Å²) in [5, 5.41) is 11.3. The molecule has 0 unspecified atom stereocenters. The largest absolute Gasteiger partial charge is 0.465 e. The molecule has 1 aliphatic heterocycles. The Morgan fingerprint density at radius 1 is 1.21 bits per heavy atom. The predicted molar refractivity (Wildman–Crippen MR) is 105 cm³/mol. The highest BCUT2D eigenvalue weighted by atomic mass is 35.5. The van der Waals surface area contributed by atoms with Gasteiger partial charge in [-0.3, -0.25) is 19.8 Å². The van der Waals surface area contributed by atoms with Crippen LogP contribution >= 0.6 is 11.6 Å². The lowest BCUT2D eigenvalue weighted by molar-refractivity contribution is -0.384. The van der Waals surface area contributed by atoms with Crippen LogP contribution in [0.1, 0.15) is 12.5 Å². The number of carbonyl (C=O) groups excluding carboxylic acids is 2. The molecule has 0 radical (unpaired) electrons. The quantitative estimate of drug-likeness (QED) is 0.334. The summed E-state index contributed by atoms with van der Waals surface area (Å²) in [5.74, 6) is -1.14. The minimum Gasteiger partial charge on any atom is -0.465 e. The molecule has 0 saturated carbocycles. The summed E-state index contributed by atoms with van der Waals surface area (Å²) in [4.78, 5) is 37.4. The van der Waals surface area contributed by atoms with Gasteiger partial charge in [-0.05, 0) is 31.2 Å². The van der Waals surface area contributed by atoms with E-state index < -0.39 is 16.8 Å². The van der Waals surface area contributed by atoms with Gasteiger partial charge < -0.3 is 4.74 Å². The van der Waals surface area contributed by atoms with Gasteiger partial charge in [0.1, 0.15) is 0 Å². The highest BCUT2D eigenvalue weighted by Gasteiger charge is 2.38. The molecule has 1 amide bonds. The molecule has 0 bridgehead atoms. The molecular formula is C20H15ClN2O5. The maximum atomic E-state index is 13.1. The number of ether oxygens (including phenoxy) is 1. The van der Waals surface area contributed by atoms with Gasteiger partial charge in [0.2, 0.25) is 0 Å². The highest BCUT2D eigenvalue weighted by molar-refractivity contribution is 6.32. The second-order valence-electron chi connectivity index (χ2n) is 5.95. The highest BCUT2D eigenvalue weighted by Crippen LogP contribution is 2.36. The number of hydrogen-bond acceptors (Lipinski definition) is 5. The SMILES string of the molecule is COC(=O)C1=C(C)N(c2ccccc2)C(=O)/C1=C\c1cc([N+](=O)[O-])ccc1Cl. The van der Waals surface area contributed by atoms with Crippen LogP contribution in [0.3, 0.4) is 0 Å². The number of para-hydroxylation sites is 1. The van der Waals surface area contributed by atoms with E-state index in [0.29, 0.717) is 11.4 Å². The number of non-ortho nitro benzene ring substituents is 1. The summed E-state index contributed by atoms with van der Waals surface area (Å²) >= 11 is 6.15. The van der Waals surface area contributed by atoms with Gasteiger partial charge in [0.25, 0.3) is 11.6 Å². The number of esters is 1. The molecule has 0 N–H and O–H groups in total. The van der Waals surface area contributed by atoms with Gasteiger partial charge in [-0.25, -0.2) is 4.79 Å². The van der Waals surface area contributed by atoms with Crippen LogP contribution in [0.4, 0.5) is 11.4 Å². The molecule has 3 rings (SSSR count). The van der Waals surface area contributed by atoms with Crippen LogP contribution in [0.25, 0.3) is 6.08 Å². The third kappa shape index (κ3) is 3.39. The van der Waals surface area contributed by atoms with Crippen molar-refractivity contribution in [3.05, 3.63) is 86.1 Å². The molecule has 0 spiro atoms. The van der Waals surface area contributed by atoms with Gasteiger partial charge in [0.05, 0.1) is 23.2 Å². The summed E-state index contributed by atoms with van der Waals surface area (Å²) < 4.78 is 4.84. The van der Waals surface area contributed by atoms with Crippen LogP contribution in [0.15, 0.2) is 65.4 Å². The monoisotopic (exact) mass is 398 g/mol. The summed E-state index contributed by atoms with van der Waals surface area (Å²) in [6.45, 7) is 1.63. The molecule has 0 fully saturated rings. The maximum absolute atomic E-state index is 13.1. The second kappa shape index (κ2) is 7.66. The molecule has 2 aromatic carbocycles. The fraction of sp³-hybridized carbons (Fsp3) is 0.100. The van der Waals surface area contributed by atoms with Crippen molar-refractivity contribution < 1.29 is 19.2 Å². The summed E-state index contributed by atoms with van der Waals surface area (Å²) in [7, 11) is 1.22. The van der Waals surface area contributed by atoms with E-state index in [2.05, 4.69) is 0 Å². The molecule has 7 nitrogen and oxygen atoms in total. The Morgan fingerprint density at radius 2 is 1.89 bits per heavy atom. The normalized spacial score (nSPS) is 15.3. The Morgan fingerprint density at radius 3 is 2.50 bits per heavy atom. The number of nitro groups is 1. The van der Waals surface area contributed by atoms with Crippen molar-refractivity contribution in [2.75, 3.05) is 12.0 Å². The molecule has 0 aromatic heterocycles. The van der Waals surface area contributed by atoms with E-state index in [9.17, 15) is 19.7 Å². The first-order valence-electron chi connectivity index (χ1n) is 8.20. The first-order valence-corrected chi connectivity index (χ1v) is 8.57.